The summed E-state index contributed by atoms with van der Waals surface area (Å²) < 4.78 is 44.7. The summed E-state index contributed by atoms with van der Waals surface area (Å²) in [6.07, 6.45) is 1.80. The maximum Gasteiger partial charge on any atom is 0.0626 e. The number of hydrogen-bond donors (Lipinski definition) is 0. The van der Waals surface area contributed by atoms with Crippen LogP contribution in [0.4, 0.5) is 0 Å². The Labute approximate surface area is 71.3 Å². The van der Waals surface area contributed by atoms with Gasteiger partial charge in [-0.15, -0.1) is 0 Å². The molecule has 0 fully saturated rings. The molecular formula is C10H14. The van der Waals surface area contributed by atoms with Gasteiger partial charge in [0.05, 0.1) is 6.85 Å². The molecule has 0 radical (unpaired) electrons. The fourth-order valence-electron chi connectivity index (χ4n) is 0.703. The number of rotatable bonds is 3. The fourth-order valence-corrected chi connectivity index (χ4v) is 0.703. The summed E-state index contributed by atoms with van der Waals surface area (Å²) in [4.78, 5) is 0. The third kappa shape index (κ3) is 2.22. The zero-order chi connectivity index (χ0) is 12.3. The molecule has 0 bridgehead atoms. The van der Waals surface area contributed by atoms with E-state index >= 15 is 0 Å². The quantitative estimate of drug-likeness (QED) is 0.566. The van der Waals surface area contributed by atoms with Crippen LogP contribution in [0.3, 0.4) is 0 Å². The van der Waals surface area contributed by atoms with E-state index in [4.69, 9.17) is 8.22 Å². The van der Waals surface area contributed by atoms with E-state index in [1.807, 2.05) is 0 Å². The Balaban J connectivity index is 3.08. The lowest BCUT2D eigenvalue weighted by atomic mass is 10.1. The van der Waals surface area contributed by atoms with Crippen molar-refractivity contribution >= 4 is 0 Å². The largest absolute Gasteiger partial charge is 0.0654 e. The number of unbranched alkanes of at least 4 members (excludes halogenated alkanes) is 1. The Bertz CT molecular complexity index is 358. The molecule has 1 aromatic carbocycles. The first-order valence-corrected chi connectivity index (χ1v) is 3.35. The average molecular weight is 140 g/mol. The third-order valence-electron chi connectivity index (χ3n) is 1.23. The predicted octanol–water partition coefficient (Wildman–Crippen LogP) is 3.03. The van der Waals surface area contributed by atoms with Gasteiger partial charge in [-0.1, -0.05) is 43.5 Å². The minimum absolute atomic E-state index is 0.115. The maximum absolute atomic E-state index is 7.65. The van der Waals surface area contributed by atoms with E-state index in [-0.39, 0.29) is 30.2 Å². The summed E-state index contributed by atoms with van der Waals surface area (Å²) in [5.41, 5.74) is 0.361. The molecule has 0 saturated heterocycles. The molecule has 1 aromatic rings. The van der Waals surface area contributed by atoms with E-state index in [0.29, 0.717) is 31.7 Å². The Hall–Kier alpha value is -0.780. The lowest BCUT2D eigenvalue weighted by Gasteiger charge is -1.96. The summed E-state index contributed by atoms with van der Waals surface area (Å²) in [7, 11) is 0. The first-order chi connectivity index (χ1) is 7.50. The normalized spacial score (nSPS) is 18.0. The van der Waals surface area contributed by atoms with E-state index in [9.17, 15) is 0 Å². The first-order valence-electron chi connectivity index (χ1n) is 6.56. The lowest BCUT2D eigenvalue weighted by Crippen LogP contribution is -1.81. The molecule has 1 rings (SSSR count). The zero-order valence-corrected chi connectivity index (χ0v) is 5.83. The van der Waals surface area contributed by atoms with Crippen LogP contribution >= 0.6 is 0 Å². The van der Waals surface area contributed by atoms with E-state index in [0.717, 1.165) is 0 Å². The van der Waals surface area contributed by atoms with Crippen molar-refractivity contribution in [1.82, 2.24) is 0 Å². The molecule has 0 heterocycles. The Kier molecular flexibility index (Phi) is 1.10. The van der Waals surface area contributed by atoms with Crippen LogP contribution in [-0.4, -0.2) is 0 Å². The average Bonchev–Trinajstić information content (AvgIpc) is 2.28. The monoisotopic (exact) mass is 140 g/mol. The van der Waals surface area contributed by atoms with Crippen LogP contribution < -0.4 is 0 Å². The molecule has 0 spiro atoms. The molecule has 0 aliphatic heterocycles. The van der Waals surface area contributed by atoms with E-state index in [1.165, 1.54) is 0 Å². The second-order valence-electron chi connectivity index (χ2n) is 2.06. The van der Waals surface area contributed by atoms with Crippen LogP contribution in [0.2, 0.25) is 0 Å². The summed E-state index contributed by atoms with van der Waals surface area (Å²) in [5, 5.41) is 0. The molecule has 0 unspecified atom stereocenters. The van der Waals surface area contributed by atoms with Gasteiger partial charge in [0, 0.05) is 1.37 Å². The van der Waals surface area contributed by atoms with Gasteiger partial charge in [-0.2, -0.15) is 0 Å². The topological polar surface area (TPSA) is 0 Å². The maximum atomic E-state index is 7.65. The molecular weight excluding hydrogens is 120 g/mol. The molecule has 0 aromatic heterocycles. The van der Waals surface area contributed by atoms with Gasteiger partial charge < -0.3 is 0 Å². The predicted molar refractivity (Wildman–Crippen MR) is 45.1 cm³/mol. The first kappa shape index (κ1) is 2.69. The SMILES string of the molecule is [2H]CCCCc1c([2H])c([2H])c([2H])c([2H])c1[2H]. The molecule has 0 N–H and O–H groups in total. The van der Waals surface area contributed by atoms with E-state index < -0.39 is 0 Å². The summed E-state index contributed by atoms with van der Waals surface area (Å²) in [6, 6.07) is -1.13. The Morgan fingerprint density at radius 3 is 2.90 bits per heavy atom. The molecule has 10 heavy (non-hydrogen) atoms. The molecule has 0 heteroatoms. The van der Waals surface area contributed by atoms with Crippen LogP contribution in [0.15, 0.2) is 30.2 Å². The van der Waals surface area contributed by atoms with Crippen molar-refractivity contribution in [2.45, 2.75) is 26.2 Å². The van der Waals surface area contributed by atoms with Crippen LogP contribution in [0.1, 0.15) is 33.5 Å². The van der Waals surface area contributed by atoms with Crippen molar-refractivity contribution in [3.63, 3.8) is 0 Å². The molecule has 0 aliphatic rings. The molecule has 0 atom stereocenters. The minimum atomic E-state index is -0.348. The van der Waals surface area contributed by atoms with E-state index in [2.05, 4.69) is 0 Å². The van der Waals surface area contributed by atoms with Crippen molar-refractivity contribution in [2.24, 2.45) is 0 Å². The van der Waals surface area contributed by atoms with Crippen molar-refractivity contribution in [3.8, 4) is 0 Å². The molecule has 0 saturated carbocycles. The van der Waals surface area contributed by atoms with Gasteiger partial charge in [0.1, 0.15) is 0 Å². The van der Waals surface area contributed by atoms with Crippen molar-refractivity contribution in [2.75, 3.05) is 0 Å². The zero-order valence-electron chi connectivity index (χ0n) is 11.8. The molecule has 0 nitrogen and oxygen atoms in total. The third-order valence-corrected chi connectivity index (χ3v) is 1.23. The Morgan fingerprint density at radius 2 is 2.20 bits per heavy atom. The second kappa shape index (κ2) is 4.10. The Morgan fingerprint density at radius 1 is 1.40 bits per heavy atom. The second-order valence-corrected chi connectivity index (χ2v) is 2.06. The summed E-state index contributed by atoms with van der Waals surface area (Å²) in [5.74, 6) is 0. The molecule has 0 aliphatic carbocycles. The highest BCUT2D eigenvalue weighted by molar-refractivity contribution is 5.14. The fraction of sp³-hybridized carbons (Fsp3) is 0.400. The highest BCUT2D eigenvalue weighted by Crippen LogP contribution is 2.03. The number of hydrogen-bond acceptors (Lipinski definition) is 0. The minimum Gasteiger partial charge on any atom is -0.0654 e. The van der Waals surface area contributed by atoms with E-state index in [1.54, 1.807) is 0 Å². The van der Waals surface area contributed by atoms with Crippen LogP contribution in [0, 0.1) is 0 Å². The summed E-state index contributed by atoms with van der Waals surface area (Å²) in [6.45, 7) is 0.304. The van der Waals surface area contributed by atoms with Crippen molar-refractivity contribution in [3.05, 3.63) is 35.8 Å². The standard InChI is InChI=1S/C10H14/c1-2-3-7-10-8-5-4-6-9-10/h4-6,8-9H,2-3,7H2,1H3/i1D,4D,5D,6D,8D,9D. The van der Waals surface area contributed by atoms with Gasteiger partial charge in [0.2, 0.25) is 0 Å². The highest BCUT2D eigenvalue weighted by atomic mass is 13.9. The molecule has 0 amide bonds. The van der Waals surface area contributed by atoms with Gasteiger partial charge in [0.25, 0.3) is 0 Å². The van der Waals surface area contributed by atoms with Crippen LogP contribution in [0.5, 0.6) is 0 Å². The van der Waals surface area contributed by atoms with Crippen molar-refractivity contribution in [1.29, 1.82) is 0 Å². The van der Waals surface area contributed by atoms with Gasteiger partial charge in [-0.25, -0.2) is 0 Å². The lowest BCUT2D eigenvalue weighted by molar-refractivity contribution is 0.795. The van der Waals surface area contributed by atoms with Gasteiger partial charge in [-0.05, 0) is 18.4 Å². The van der Waals surface area contributed by atoms with Crippen LogP contribution in [-0.2, 0) is 6.42 Å². The number of benzene rings is 1. The molecule has 54 valence electrons. The smallest absolute Gasteiger partial charge is 0.0626 e. The van der Waals surface area contributed by atoms with Gasteiger partial charge in [-0.3, -0.25) is 0 Å². The highest BCUT2D eigenvalue weighted by Gasteiger charge is 1.87. The van der Waals surface area contributed by atoms with Crippen molar-refractivity contribution < 1.29 is 8.22 Å². The van der Waals surface area contributed by atoms with Gasteiger partial charge >= 0.3 is 0 Å². The van der Waals surface area contributed by atoms with Crippen LogP contribution in [0.25, 0.3) is 0 Å². The summed E-state index contributed by atoms with van der Waals surface area (Å²) >= 11 is 0. The van der Waals surface area contributed by atoms with Gasteiger partial charge in [0.15, 0.2) is 0 Å².